The molecule has 1 aliphatic carbocycles. The number of carbonyl (C=O) groups excluding carboxylic acids is 2. The topological polar surface area (TPSA) is 55.4 Å². The Labute approximate surface area is 188 Å². The smallest absolute Gasteiger partial charge is 0.198 e. The third-order valence-corrected chi connectivity index (χ3v) is 6.37. The Kier molecular flexibility index (Phi) is 4.74. The molecule has 0 spiro atoms. The first-order valence-corrected chi connectivity index (χ1v) is 10.9. The van der Waals surface area contributed by atoms with Gasteiger partial charge < -0.3 is 10.1 Å². The van der Waals surface area contributed by atoms with E-state index in [1.165, 1.54) is 11.3 Å². The van der Waals surface area contributed by atoms with Crippen LogP contribution in [0.15, 0.2) is 83.4 Å². The molecule has 0 atom stereocenters. The SMILES string of the molecule is CC1=CC(=C2C(=O)c3ccccc3C2=O)C=C(C=Cc2ccc3c(c2)C(C)(C)CCN3)O1. The minimum absolute atomic E-state index is 0.125. The second-order valence-electron chi connectivity index (χ2n) is 9.14. The Morgan fingerprint density at radius 2 is 1.69 bits per heavy atom. The summed E-state index contributed by atoms with van der Waals surface area (Å²) in [6.45, 7) is 7.35. The van der Waals surface area contributed by atoms with Gasteiger partial charge in [-0.05, 0) is 65.8 Å². The quantitative estimate of drug-likeness (QED) is 0.476. The first-order valence-electron chi connectivity index (χ1n) is 10.9. The Bertz CT molecular complexity index is 1250. The van der Waals surface area contributed by atoms with E-state index in [1.54, 1.807) is 36.4 Å². The van der Waals surface area contributed by atoms with Crippen molar-refractivity contribution in [2.24, 2.45) is 0 Å². The largest absolute Gasteiger partial charge is 0.462 e. The third-order valence-electron chi connectivity index (χ3n) is 6.37. The molecule has 0 bridgehead atoms. The van der Waals surface area contributed by atoms with E-state index in [2.05, 4.69) is 37.4 Å². The van der Waals surface area contributed by atoms with Gasteiger partial charge in [0.2, 0.25) is 0 Å². The highest BCUT2D eigenvalue weighted by Gasteiger charge is 2.35. The summed E-state index contributed by atoms with van der Waals surface area (Å²) in [5.74, 6) is 0.784. The van der Waals surface area contributed by atoms with E-state index in [1.807, 2.05) is 19.1 Å². The average molecular weight is 424 g/mol. The van der Waals surface area contributed by atoms with E-state index in [4.69, 9.17) is 4.74 Å². The number of hydrogen-bond donors (Lipinski definition) is 1. The Morgan fingerprint density at radius 3 is 2.41 bits per heavy atom. The maximum absolute atomic E-state index is 12.9. The molecule has 2 heterocycles. The van der Waals surface area contributed by atoms with Crippen LogP contribution in [0.5, 0.6) is 0 Å². The maximum atomic E-state index is 12.9. The van der Waals surface area contributed by atoms with E-state index >= 15 is 0 Å². The number of Topliss-reactive ketones (excluding diaryl/α,β-unsaturated/α-hetero) is 2. The van der Waals surface area contributed by atoms with Crippen molar-refractivity contribution in [1.82, 2.24) is 0 Å². The number of ketones is 2. The van der Waals surface area contributed by atoms with Gasteiger partial charge in [-0.1, -0.05) is 50.3 Å². The molecule has 3 aliphatic rings. The third kappa shape index (κ3) is 3.42. The van der Waals surface area contributed by atoms with Gasteiger partial charge in [-0.2, -0.15) is 0 Å². The summed E-state index contributed by atoms with van der Waals surface area (Å²) >= 11 is 0. The highest BCUT2D eigenvalue weighted by molar-refractivity contribution is 6.40. The molecule has 2 aliphatic heterocycles. The highest BCUT2D eigenvalue weighted by Crippen LogP contribution is 2.37. The van der Waals surface area contributed by atoms with Gasteiger partial charge in [-0.15, -0.1) is 0 Å². The summed E-state index contributed by atoms with van der Waals surface area (Å²) < 4.78 is 5.87. The fraction of sp³-hybridized carbons (Fsp3) is 0.214. The van der Waals surface area contributed by atoms with Gasteiger partial charge in [0.15, 0.2) is 11.6 Å². The van der Waals surface area contributed by atoms with Crippen molar-refractivity contribution in [3.63, 3.8) is 0 Å². The molecule has 4 heteroatoms. The second-order valence-corrected chi connectivity index (χ2v) is 9.14. The van der Waals surface area contributed by atoms with Crippen LogP contribution in [-0.2, 0) is 10.2 Å². The van der Waals surface area contributed by atoms with E-state index in [0.717, 1.165) is 18.5 Å². The first kappa shape index (κ1) is 20.3. The number of hydrogen-bond acceptors (Lipinski definition) is 4. The monoisotopic (exact) mass is 423 g/mol. The second kappa shape index (κ2) is 7.49. The lowest BCUT2D eigenvalue weighted by atomic mass is 9.78. The maximum Gasteiger partial charge on any atom is 0.198 e. The van der Waals surface area contributed by atoms with E-state index < -0.39 is 0 Å². The van der Waals surface area contributed by atoms with Crippen LogP contribution < -0.4 is 5.32 Å². The van der Waals surface area contributed by atoms with Gasteiger partial charge in [-0.3, -0.25) is 9.59 Å². The van der Waals surface area contributed by atoms with Crippen LogP contribution in [0.25, 0.3) is 6.08 Å². The van der Waals surface area contributed by atoms with Gasteiger partial charge in [0.1, 0.15) is 11.5 Å². The predicted molar refractivity (Wildman–Crippen MR) is 127 cm³/mol. The number of benzene rings is 2. The van der Waals surface area contributed by atoms with Crippen LogP contribution in [0.2, 0.25) is 0 Å². The van der Waals surface area contributed by atoms with E-state index in [0.29, 0.717) is 28.2 Å². The number of anilines is 1. The van der Waals surface area contributed by atoms with Crippen LogP contribution in [-0.4, -0.2) is 18.1 Å². The number of fused-ring (bicyclic) bond motifs is 2. The summed E-state index contributed by atoms with van der Waals surface area (Å²) in [6, 6.07) is 13.4. The molecule has 0 aromatic heterocycles. The van der Waals surface area contributed by atoms with Crippen LogP contribution >= 0.6 is 0 Å². The zero-order valence-electron chi connectivity index (χ0n) is 18.5. The molecule has 4 nitrogen and oxygen atoms in total. The number of carbonyl (C=O) groups is 2. The fourth-order valence-corrected chi connectivity index (χ4v) is 4.60. The number of rotatable bonds is 2. The molecule has 32 heavy (non-hydrogen) atoms. The molecular weight excluding hydrogens is 398 g/mol. The van der Waals surface area contributed by atoms with Gasteiger partial charge in [0.05, 0.1) is 5.57 Å². The standard InChI is InChI=1S/C28H25NO3/c1-17-14-19(25-26(30)21-6-4-5-7-22(21)27(25)31)16-20(32-17)10-8-18-9-11-24-23(15-18)28(2,3)12-13-29-24/h4-11,14-16,29H,12-13H2,1-3H3. The molecule has 1 N–H and O–H groups in total. The van der Waals surface area contributed by atoms with Crippen molar-refractivity contribution in [3.8, 4) is 0 Å². The lowest BCUT2D eigenvalue weighted by molar-refractivity contribution is 0.0988. The zero-order valence-corrected chi connectivity index (χ0v) is 18.5. The summed E-state index contributed by atoms with van der Waals surface area (Å²) in [5.41, 5.74) is 5.43. The highest BCUT2D eigenvalue weighted by atomic mass is 16.5. The van der Waals surface area contributed by atoms with Gasteiger partial charge in [-0.25, -0.2) is 0 Å². The van der Waals surface area contributed by atoms with Crippen LogP contribution in [0.1, 0.15) is 59.0 Å². The molecular formula is C28H25NO3. The van der Waals surface area contributed by atoms with Crippen molar-refractivity contribution in [1.29, 1.82) is 0 Å². The average Bonchev–Trinajstić information content (AvgIpc) is 3.02. The zero-order chi connectivity index (χ0) is 22.5. The minimum atomic E-state index is -0.226. The van der Waals surface area contributed by atoms with Crippen molar-refractivity contribution in [3.05, 3.63) is 106 Å². The molecule has 0 amide bonds. The predicted octanol–water partition coefficient (Wildman–Crippen LogP) is 5.99. The molecule has 0 saturated carbocycles. The lowest BCUT2D eigenvalue weighted by Gasteiger charge is -2.33. The molecule has 160 valence electrons. The van der Waals surface area contributed by atoms with Gasteiger partial charge in [0.25, 0.3) is 0 Å². The van der Waals surface area contributed by atoms with E-state index in [9.17, 15) is 9.59 Å². The molecule has 2 aromatic carbocycles. The van der Waals surface area contributed by atoms with Crippen LogP contribution in [0, 0.1) is 0 Å². The number of ether oxygens (including phenoxy) is 1. The molecule has 0 saturated heterocycles. The van der Waals surface area contributed by atoms with Crippen LogP contribution in [0.4, 0.5) is 5.69 Å². The van der Waals surface area contributed by atoms with E-state index in [-0.39, 0.29) is 22.6 Å². The summed E-state index contributed by atoms with van der Waals surface area (Å²) in [5, 5.41) is 3.47. The van der Waals surface area contributed by atoms with Crippen LogP contribution in [0.3, 0.4) is 0 Å². The normalized spacial score (nSPS) is 19.2. The van der Waals surface area contributed by atoms with Crippen molar-refractivity contribution >= 4 is 23.3 Å². The Balaban J connectivity index is 1.49. The van der Waals surface area contributed by atoms with Gasteiger partial charge in [0, 0.05) is 23.4 Å². The molecule has 5 rings (SSSR count). The summed E-state index contributed by atoms with van der Waals surface area (Å²) in [4.78, 5) is 25.8. The van der Waals surface area contributed by atoms with Crippen molar-refractivity contribution < 1.29 is 14.3 Å². The minimum Gasteiger partial charge on any atom is -0.462 e. The fourth-order valence-electron chi connectivity index (χ4n) is 4.60. The Hall–Kier alpha value is -3.66. The number of allylic oxidation sites excluding steroid dienone is 6. The van der Waals surface area contributed by atoms with Crippen molar-refractivity contribution in [2.75, 3.05) is 11.9 Å². The molecule has 0 radical (unpaired) electrons. The molecule has 0 unspecified atom stereocenters. The molecule has 2 aromatic rings. The van der Waals surface area contributed by atoms with Gasteiger partial charge >= 0.3 is 0 Å². The summed E-state index contributed by atoms with van der Waals surface area (Å²) in [7, 11) is 0. The summed E-state index contributed by atoms with van der Waals surface area (Å²) in [6.07, 6.45) is 8.50. The Morgan fingerprint density at radius 1 is 0.969 bits per heavy atom. The first-order chi connectivity index (χ1) is 15.3. The number of nitrogens with one attached hydrogen (secondary N) is 1. The lowest BCUT2D eigenvalue weighted by Crippen LogP contribution is -2.28. The van der Waals surface area contributed by atoms with Crippen molar-refractivity contribution in [2.45, 2.75) is 32.6 Å². The molecule has 0 fully saturated rings.